The number of nitrogens with one attached hydrogen (secondary N) is 1. The standard InChI is InChI=1S/C15H21NO2/c1-18-15(17)9-4-2-3-6-12-7-5-8-13-10-11-14(12)16-13/h7,13-14,16H,2,4-5,8-11H2,1H3/t13-,14?/m0/s1. The van der Waals surface area contributed by atoms with Crippen LogP contribution in [-0.2, 0) is 9.53 Å². The van der Waals surface area contributed by atoms with Crippen molar-refractivity contribution in [3.63, 3.8) is 0 Å². The van der Waals surface area contributed by atoms with Gasteiger partial charge >= 0.3 is 5.97 Å². The van der Waals surface area contributed by atoms with Crippen LogP contribution in [0.25, 0.3) is 0 Å². The van der Waals surface area contributed by atoms with Crippen LogP contribution in [0, 0.1) is 11.8 Å². The van der Waals surface area contributed by atoms with Crippen molar-refractivity contribution in [2.24, 2.45) is 0 Å². The molecule has 1 saturated heterocycles. The molecule has 1 fully saturated rings. The summed E-state index contributed by atoms with van der Waals surface area (Å²) in [5.74, 6) is 6.31. The Bertz CT molecular complexity index is 389. The topological polar surface area (TPSA) is 38.3 Å². The average Bonchev–Trinajstić information content (AvgIpc) is 2.74. The summed E-state index contributed by atoms with van der Waals surface area (Å²) >= 11 is 0. The van der Waals surface area contributed by atoms with Crippen LogP contribution in [-0.4, -0.2) is 25.2 Å². The summed E-state index contributed by atoms with van der Waals surface area (Å²) in [5, 5.41) is 3.63. The van der Waals surface area contributed by atoms with Crippen LogP contribution in [0.1, 0.15) is 44.9 Å². The second-order valence-corrected chi connectivity index (χ2v) is 4.96. The van der Waals surface area contributed by atoms with Gasteiger partial charge in [0.2, 0.25) is 0 Å². The molecule has 0 aromatic carbocycles. The Labute approximate surface area is 109 Å². The van der Waals surface area contributed by atoms with E-state index in [4.69, 9.17) is 0 Å². The molecule has 3 nitrogen and oxygen atoms in total. The van der Waals surface area contributed by atoms with Crippen molar-refractivity contribution in [1.82, 2.24) is 5.32 Å². The van der Waals surface area contributed by atoms with E-state index in [-0.39, 0.29) is 5.97 Å². The zero-order chi connectivity index (χ0) is 12.8. The molecule has 0 aromatic rings. The van der Waals surface area contributed by atoms with Crippen LogP contribution in [0.2, 0.25) is 0 Å². The maximum Gasteiger partial charge on any atom is 0.305 e. The smallest absolute Gasteiger partial charge is 0.305 e. The van der Waals surface area contributed by atoms with Crippen LogP contribution in [0.4, 0.5) is 0 Å². The Morgan fingerprint density at radius 2 is 2.39 bits per heavy atom. The second kappa shape index (κ2) is 6.61. The van der Waals surface area contributed by atoms with Gasteiger partial charge in [0.15, 0.2) is 0 Å². The zero-order valence-electron chi connectivity index (χ0n) is 11.0. The third-order valence-electron chi connectivity index (χ3n) is 3.64. The second-order valence-electron chi connectivity index (χ2n) is 4.96. The third kappa shape index (κ3) is 3.61. The molecule has 2 rings (SSSR count). The highest BCUT2D eigenvalue weighted by atomic mass is 16.5. The Kier molecular flexibility index (Phi) is 4.83. The lowest BCUT2D eigenvalue weighted by molar-refractivity contribution is -0.140. The molecule has 0 radical (unpaired) electrons. The van der Waals surface area contributed by atoms with Gasteiger partial charge < -0.3 is 10.1 Å². The van der Waals surface area contributed by atoms with Gasteiger partial charge in [-0.25, -0.2) is 0 Å². The predicted molar refractivity (Wildman–Crippen MR) is 70.9 cm³/mol. The molecule has 0 spiro atoms. The van der Waals surface area contributed by atoms with Gasteiger partial charge in [-0.15, -0.1) is 0 Å². The van der Waals surface area contributed by atoms with Crippen LogP contribution < -0.4 is 5.32 Å². The summed E-state index contributed by atoms with van der Waals surface area (Å²) in [7, 11) is 1.42. The molecule has 0 aliphatic carbocycles. The molecule has 3 heteroatoms. The van der Waals surface area contributed by atoms with Crippen molar-refractivity contribution in [3.8, 4) is 11.8 Å². The molecular formula is C15H21NO2. The highest BCUT2D eigenvalue weighted by Crippen LogP contribution is 2.25. The van der Waals surface area contributed by atoms with Crippen molar-refractivity contribution in [3.05, 3.63) is 11.6 Å². The van der Waals surface area contributed by atoms with Crippen LogP contribution >= 0.6 is 0 Å². The number of carbonyl (C=O) groups is 1. The van der Waals surface area contributed by atoms with Gasteiger partial charge in [-0.3, -0.25) is 4.79 Å². The number of fused-ring (bicyclic) bond motifs is 2. The third-order valence-corrected chi connectivity index (χ3v) is 3.64. The largest absolute Gasteiger partial charge is 0.469 e. The fourth-order valence-electron chi connectivity index (χ4n) is 2.60. The minimum Gasteiger partial charge on any atom is -0.469 e. The first kappa shape index (κ1) is 13.2. The van der Waals surface area contributed by atoms with Crippen molar-refractivity contribution in [1.29, 1.82) is 0 Å². The van der Waals surface area contributed by atoms with E-state index in [0.717, 1.165) is 19.3 Å². The minimum absolute atomic E-state index is 0.147. The van der Waals surface area contributed by atoms with E-state index in [0.29, 0.717) is 18.5 Å². The monoisotopic (exact) mass is 247 g/mol. The van der Waals surface area contributed by atoms with E-state index < -0.39 is 0 Å². The van der Waals surface area contributed by atoms with Gasteiger partial charge in [0.05, 0.1) is 7.11 Å². The lowest BCUT2D eigenvalue weighted by atomic mass is 10.00. The summed E-state index contributed by atoms with van der Waals surface area (Å²) < 4.78 is 4.59. The van der Waals surface area contributed by atoms with E-state index in [1.165, 1.54) is 31.9 Å². The molecule has 2 aliphatic rings. The summed E-state index contributed by atoms with van der Waals surface area (Å²) in [5.41, 5.74) is 1.26. The molecule has 0 amide bonds. The summed E-state index contributed by atoms with van der Waals surface area (Å²) in [6, 6.07) is 1.18. The molecule has 2 aliphatic heterocycles. The molecule has 2 atom stereocenters. The zero-order valence-corrected chi connectivity index (χ0v) is 11.0. The van der Waals surface area contributed by atoms with Crippen LogP contribution in [0.15, 0.2) is 11.6 Å². The molecule has 1 unspecified atom stereocenters. The first-order valence-corrected chi connectivity index (χ1v) is 6.81. The van der Waals surface area contributed by atoms with Crippen molar-refractivity contribution < 1.29 is 9.53 Å². The Morgan fingerprint density at radius 1 is 1.50 bits per heavy atom. The quantitative estimate of drug-likeness (QED) is 0.472. The van der Waals surface area contributed by atoms with Gasteiger partial charge in [-0.1, -0.05) is 17.9 Å². The molecule has 2 bridgehead atoms. The Morgan fingerprint density at radius 3 is 3.22 bits per heavy atom. The predicted octanol–water partition coefficient (Wildman–Crippen LogP) is 2.17. The summed E-state index contributed by atoms with van der Waals surface area (Å²) in [6.07, 6.45) is 9.18. The van der Waals surface area contributed by atoms with E-state index >= 15 is 0 Å². The highest BCUT2D eigenvalue weighted by molar-refractivity contribution is 5.69. The maximum atomic E-state index is 10.9. The number of allylic oxidation sites excluding steroid dienone is 1. The first-order valence-electron chi connectivity index (χ1n) is 6.81. The molecular weight excluding hydrogens is 226 g/mol. The normalized spacial score (nSPS) is 25.7. The Balaban J connectivity index is 1.78. The number of esters is 1. The maximum absolute atomic E-state index is 10.9. The Hall–Kier alpha value is -1.27. The van der Waals surface area contributed by atoms with E-state index in [2.05, 4.69) is 28.0 Å². The number of hydrogen-bond donors (Lipinski definition) is 1. The van der Waals surface area contributed by atoms with E-state index in [9.17, 15) is 4.79 Å². The van der Waals surface area contributed by atoms with Gasteiger partial charge in [0.25, 0.3) is 0 Å². The first-order chi connectivity index (χ1) is 8.79. The fourth-order valence-corrected chi connectivity index (χ4v) is 2.60. The number of unbranched alkanes of at least 4 members (excludes halogenated alkanes) is 1. The van der Waals surface area contributed by atoms with Crippen LogP contribution in [0.5, 0.6) is 0 Å². The molecule has 0 aromatic heterocycles. The number of carbonyl (C=O) groups excluding carboxylic acids is 1. The van der Waals surface area contributed by atoms with Crippen molar-refractivity contribution in [2.45, 2.75) is 57.0 Å². The van der Waals surface area contributed by atoms with Gasteiger partial charge in [-0.2, -0.15) is 0 Å². The lowest BCUT2D eigenvalue weighted by Gasteiger charge is -2.09. The number of methoxy groups -OCH3 is 1. The van der Waals surface area contributed by atoms with E-state index in [1.807, 2.05) is 0 Å². The SMILES string of the molecule is COC(=O)CCCC#CC1=CCC[C@H]2CCC1N2. The fraction of sp³-hybridized carbons (Fsp3) is 0.667. The molecule has 0 saturated carbocycles. The summed E-state index contributed by atoms with van der Waals surface area (Å²) in [4.78, 5) is 10.9. The van der Waals surface area contributed by atoms with E-state index in [1.54, 1.807) is 0 Å². The molecule has 2 heterocycles. The number of rotatable bonds is 3. The van der Waals surface area contributed by atoms with Crippen LogP contribution in [0.3, 0.4) is 0 Å². The van der Waals surface area contributed by atoms with Gasteiger partial charge in [-0.05, 0) is 32.1 Å². The lowest BCUT2D eigenvalue weighted by Crippen LogP contribution is -2.28. The van der Waals surface area contributed by atoms with Gasteiger partial charge in [0, 0.05) is 30.5 Å². The molecule has 98 valence electrons. The molecule has 1 N–H and O–H groups in total. The summed E-state index contributed by atoms with van der Waals surface area (Å²) in [6.45, 7) is 0. The van der Waals surface area contributed by atoms with Gasteiger partial charge in [0.1, 0.15) is 0 Å². The van der Waals surface area contributed by atoms with Crippen molar-refractivity contribution in [2.75, 3.05) is 7.11 Å². The molecule has 18 heavy (non-hydrogen) atoms. The average molecular weight is 247 g/mol. The minimum atomic E-state index is -0.147. The highest BCUT2D eigenvalue weighted by Gasteiger charge is 2.27. The van der Waals surface area contributed by atoms with Crippen molar-refractivity contribution >= 4 is 5.97 Å². The number of hydrogen-bond acceptors (Lipinski definition) is 3. The number of ether oxygens (including phenoxy) is 1.